The molecular weight excluding hydrogens is 308 g/mol. The van der Waals surface area contributed by atoms with Gasteiger partial charge in [0.2, 0.25) is 0 Å². The highest BCUT2D eigenvalue weighted by Gasteiger charge is 2.30. The van der Waals surface area contributed by atoms with Crippen LogP contribution in [0.15, 0.2) is 12.4 Å². The maximum Gasteiger partial charge on any atom is 0.127 e. The van der Waals surface area contributed by atoms with Crippen molar-refractivity contribution in [3.8, 4) is 0 Å². The number of rotatable bonds is 5. The van der Waals surface area contributed by atoms with Gasteiger partial charge in [-0.2, -0.15) is 0 Å². The fraction of sp³-hybridized carbons (Fsp3) is 0.833. The van der Waals surface area contributed by atoms with Crippen molar-refractivity contribution in [1.29, 1.82) is 0 Å². The predicted octanol–water partition coefficient (Wildman–Crippen LogP) is 3.39. The van der Waals surface area contributed by atoms with E-state index < -0.39 is 0 Å². The molecule has 0 bridgehead atoms. The second kappa shape index (κ2) is 9.05. The number of aryl methyl sites for hydroxylation is 1. The molecular formula is C18H33ClN4. The van der Waals surface area contributed by atoms with Gasteiger partial charge in [-0.3, -0.25) is 4.90 Å². The Balaban J connectivity index is 0.00000192. The maximum absolute atomic E-state index is 4.60. The minimum atomic E-state index is 0. The van der Waals surface area contributed by atoms with Crippen LogP contribution in [-0.2, 0) is 7.05 Å². The SMILES string of the molecule is CCCC1CCC(CN2CCNCC2c2nccn2C)CC1.Cl. The van der Waals surface area contributed by atoms with E-state index in [-0.39, 0.29) is 12.4 Å². The topological polar surface area (TPSA) is 33.1 Å². The Morgan fingerprint density at radius 1 is 1.22 bits per heavy atom. The normalized spacial score (nSPS) is 29.2. The van der Waals surface area contributed by atoms with E-state index in [1.807, 2.05) is 6.20 Å². The predicted molar refractivity (Wildman–Crippen MR) is 98.0 cm³/mol. The lowest BCUT2D eigenvalue weighted by Gasteiger charge is -2.39. The van der Waals surface area contributed by atoms with Gasteiger partial charge < -0.3 is 9.88 Å². The zero-order chi connectivity index (χ0) is 15.4. The molecule has 1 aromatic heterocycles. The molecule has 4 nitrogen and oxygen atoms in total. The number of nitrogens with zero attached hydrogens (tertiary/aromatic N) is 3. The molecule has 1 aliphatic carbocycles. The second-order valence-corrected chi connectivity index (χ2v) is 7.29. The molecule has 5 heteroatoms. The Kier molecular flexibility index (Phi) is 7.38. The van der Waals surface area contributed by atoms with Crippen LogP contribution in [0.5, 0.6) is 0 Å². The highest BCUT2D eigenvalue weighted by molar-refractivity contribution is 5.85. The number of halogens is 1. The monoisotopic (exact) mass is 340 g/mol. The van der Waals surface area contributed by atoms with Crippen LogP contribution >= 0.6 is 12.4 Å². The van der Waals surface area contributed by atoms with Crippen LogP contribution in [0.1, 0.15) is 57.3 Å². The van der Waals surface area contributed by atoms with Gasteiger partial charge in [-0.1, -0.05) is 32.6 Å². The fourth-order valence-corrected chi connectivity index (χ4v) is 4.36. The Morgan fingerprint density at radius 3 is 2.61 bits per heavy atom. The van der Waals surface area contributed by atoms with E-state index in [0.717, 1.165) is 31.5 Å². The Morgan fingerprint density at radius 2 is 1.96 bits per heavy atom. The molecule has 1 aromatic rings. The molecule has 1 N–H and O–H groups in total. The third-order valence-corrected chi connectivity index (χ3v) is 5.67. The largest absolute Gasteiger partial charge is 0.337 e. The molecule has 0 amide bonds. The molecule has 2 aliphatic rings. The number of imidazole rings is 1. The van der Waals surface area contributed by atoms with Crippen LogP contribution in [0.4, 0.5) is 0 Å². The van der Waals surface area contributed by atoms with Crippen LogP contribution < -0.4 is 5.32 Å². The van der Waals surface area contributed by atoms with Crippen molar-refractivity contribution in [3.05, 3.63) is 18.2 Å². The molecule has 1 atom stereocenters. The van der Waals surface area contributed by atoms with Gasteiger partial charge in [-0.15, -0.1) is 12.4 Å². The molecule has 1 aliphatic heterocycles. The van der Waals surface area contributed by atoms with Gasteiger partial charge >= 0.3 is 0 Å². The molecule has 132 valence electrons. The average Bonchev–Trinajstić information content (AvgIpc) is 2.96. The van der Waals surface area contributed by atoms with E-state index in [0.29, 0.717) is 6.04 Å². The summed E-state index contributed by atoms with van der Waals surface area (Å²) in [6, 6.07) is 0.446. The highest BCUT2D eigenvalue weighted by Crippen LogP contribution is 2.33. The summed E-state index contributed by atoms with van der Waals surface area (Å²) < 4.78 is 2.18. The van der Waals surface area contributed by atoms with E-state index in [1.165, 1.54) is 50.9 Å². The molecule has 1 saturated carbocycles. The zero-order valence-electron chi connectivity index (χ0n) is 14.7. The third kappa shape index (κ3) is 4.71. The molecule has 0 spiro atoms. The Labute approximate surface area is 147 Å². The molecule has 0 aromatic carbocycles. The lowest BCUT2D eigenvalue weighted by molar-refractivity contribution is 0.108. The maximum atomic E-state index is 4.60. The van der Waals surface area contributed by atoms with E-state index in [4.69, 9.17) is 0 Å². The van der Waals surface area contributed by atoms with Gasteiger partial charge in [0.15, 0.2) is 0 Å². The Bertz CT molecular complexity index is 454. The van der Waals surface area contributed by atoms with Crippen molar-refractivity contribution < 1.29 is 0 Å². The summed E-state index contributed by atoms with van der Waals surface area (Å²) >= 11 is 0. The van der Waals surface area contributed by atoms with Gasteiger partial charge in [0, 0.05) is 45.6 Å². The first-order chi connectivity index (χ1) is 10.8. The van der Waals surface area contributed by atoms with E-state index in [2.05, 4.69) is 39.9 Å². The number of aromatic nitrogens is 2. The first-order valence-corrected chi connectivity index (χ1v) is 9.20. The minimum absolute atomic E-state index is 0. The van der Waals surface area contributed by atoms with Crippen LogP contribution in [-0.4, -0.2) is 40.6 Å². The summed E-state index contributed by atoms with van der Waals surface area (Å²) in [6.07, 6.45) is 12.6. The summed E-state index contributed by atoms with van der Waals surface area (Å²) in [7, 11) is 2.12. The summed E-state index contributed by atoms with van der Waals surface area (Å²) in [5.74, 6) is 3.12. The number of hydrogen-bond acceptors (Lipinski definition) is 3. The number of piperazine rings is 1. The lowest BCUT2D eigenvalue weighted by Crippen LogP contribution is -2.48. The lowest BCUT2D eigenvalue weighted by atomic mass is 9.79. The highest BCUT2D eigenvalue weighted by atomic mass is 35.5. The van der Waals surface area contributed by atoms with Gasteiger partial charge in [0.05, 0.1) is 6.04 Å². The molecule has 0 radical (unpaired) electrons. The standard InChI is InChI=1S/C18H32N4.ClH/c1-3-4-15-5-7-16(8-6-15)14-22-12-9-19-13-17(22)18-20-10-11-21(18)2;/h10-11,15-17,19H,3-9,12-14H2,1-2H3;1H. The van der Waals surface area contributed by atoms with Crippen molar-refractivity contribution in [2.45, 2.75) is 51.5 Å². The Hall–Kier alpha value is -0.580. The van der Waals surface area contributed by atoms with E-state index in [1.54, 1.807) is 0 Å². The molecule has 23 heavy (non-hydrogen) atoms. The molecule has 2 fully saturated rings. The summed E-state index contributed by atoms with van der Waals surface area (Å²) in [4.78, 5) is 7.28. The van der Waals surface area contributed by atoms with Crippen LogP contribution in [0.25, 0.3) is 0 Å². The summed E-state index contributed by atoms with van der Waals surface area (Å²) in [6.45, 7) is 6.90. The van der Waals surface area contributed by atoms with Gasteiger partial charge in [0.25, 0.3) is 0 Å². The van der Waals surface area contributed by atoms with E-state index >= 15 is 0 Å². The van der Waals surface area contributed by atoms with Crippen molar-refractivity contribution in [3.63, 3.8) is 0 Å². The van der Waals surface area contributed by atoms with Crippen molar-refractivity contribution in [1.82, 2.24) is 19.8 Å². The number of nitrogens with one attached hydrogen (secondary N) is 1. The third-order valence-electron chi connectivity index (χ3n) is 5.67. The minimum Gasteiger partial charge on any atom is -0.337 e. The summed E-state index contributed by atoms with van der Waals surface area (Å²) in [5, 5.41) is 3.55. The van der Waals surface area contributed by atoms with Crippen LogP contribution in [0, 0.1) is 11.8 Å². The smallest absolute Gasteiger partial charge is 0.127 e. The van der Waals surface area contributed by atoms with Crippen molar-refractivity contribution in [2.24, 2.45) is 18.9 Å². The van der Waals surface area contributed by atoms with Crippen molar-refractivity contribution >= 4 is 12.4 Å². The van der Waals surface area contributed by atoms with Gasteiger partial charge in [0.1, 0.15) is 5.82 Å². The first kappa shape index (κ1) is 18.8. The fourth-order valence-electron chi connectivity index (χ4n) is 4.36. The van der Waals surface area contributed by atoms with Crippen LogP contribution in [0.2, 0.25) is 0 Å². The average molecular weight is 341 g/mol. The molecule has 2 heterocycles. The van der Waals surface area contributed by atoms with Crippen molar-refractivity contribution in [2.75, 3.05) is 26.2 Å². The van der Waals surface area contributed by atoms with Gasteiger partial charge in [-0.05, 0) is 24.7 Å². The van der Waals surface area contributed by atoms with Crippen LogP contribution in [0.3, 0.4) is 0 Å². The summed E-state index contributed by atoms with van der Waals surface area (Å²) in [5.41, 5.74) is 0. The number of hydrogen-bond donors (Lipinski definition) is 1. The quantitative estimate of drug-likeness (QED) is 0.891. The molecule has 1 saturated heterocycles. The van der Waals surface area contributed by atoms with Gasteiger partial charge in [-0.25, -0.2) is 4.98 Å². The second-order valence-electron chi connectivity index (χ2n) is 7.29. The first-order valence-electron chi connectivity index (χ1n) is 9.20. The molecule has 3 rings (SSSR count). The van der Waals surface area contributed by atoms with E-state index in [9.17, 15) is 0 Å². The molecule has 1 unspecified atom stereocenters. The zero-order valence-corrected chi connectivity index (χ0v) is 15.5.